The molecule has 0 radical (unpaired) electrons. The first-order valence-electron chi connectivity index (χ1n) is 9.23. The van der Waals surface area contributed by atoms with Crippen molar-refractivity contribution in [2.24, 2.45) is 0 Å². The summed E-state index contributed by atoms with van der Waals surface area (Å²) in [7, 11) is 0. The van der Waals surface area contributed by atoms with Crippen LogP contribution in [0.4, 0.5) is 0 Å². The van der Waals surface area contributed by atoms with E-state index in [0.29, 0.717) is 12.0 Å². The second-order valence-electron chi connectivity index (χ2n) is 7.71. The number of carbonyl (C=O) groups is 1. The second-order valence-corrected chi connectivity index (χ2v) is 7.71. The maximum atomic E-state index is 11.9. The minimum atomic E-state index is -0.643. The lowest BCUT2D eigenvalue weighted by molar-refractivity contribution is -0.153. The number of hydrogen-bond acceptors (Lipinski definition) is 3. The van der Waals surface area contributed by atoms with Crippen molar-refractivity contribution in [1.82, 2.24) is 0 Å². The van der Waals surface area contributed by atoms with Gasteiger partial charge in [0.25, 0.3) is 0 Å². The van der Waals surface area contributed by atoms with Gasteiger partial charge in [-0.15, -0.1) is 0 Å². The van der Waals surface area contributed by atoms with E-state index in [0.717, 1.165) is 27.3 Å². The molecule has 27 heavy (non-hydrogen) atoms. The molecule has 0 amide bonds. The summed E-state index contributed by atoms with van der Waals surface area (Å²) in [6.45, 7) is 11.1. The number of carbonyl (C=O) groups excluding carboxylic acids is 1. The molecule has 0 heterocycles. The molecule has 3 aromatic rings. The van der Waals surface area contributed by atoms with Crippen molar-refractivity contribution in [3.05, 3.63) is 66.7 Å². The van der Waals surface area contributed by atoms with Crippen molar-refractivity contribution in [2.45, 2.75) is 45.8 Å². The quantitative estimate of drug-likeness (QED) is 0.304. The summed E-state index contributed by atoms with van der Waals surface area (Å²) in [4.78, 5) is 11.9. The van der Waals surface area contributed by atoms with Crippen LogP contribution in [-0.2, 0) is 9.53 Å². The van der Waals surface area contributed by atoms with Crippen LogP contribution in [-0.4, -0.2) is 17.7 Å². The minimum absolute atomic E-state index is 0.132. The van der Waals surface area contributed by atoms with Gasteiger partial charge in [0.1, 0.15) is 11.4 Å². The van der Waals surface area contributed by atoms with E-state index >= 15 is 0 Å². The fourth-order valence-corrected chi connectivity index (χ4v) is 3.41. The molecule has 0 saturated carbocycles. The first kappa shape index (κ1) is 19.0. The Morgan fingerprint density at radius 1 is 1.04 bits per heavy atom. The van der Waals surface area contributed by atoms with Crippen molar-refractivity contribution in [3.63, 3.8) is 0 Å². The van der Waals surface area contributed by atoms with Crippen LogP contribution in [0.15, 0.2) is 66.7 Å². The number of rotatable bonds is 6. The Bertz CT molecular complexity index is 947. The lowest BCUT2D eigenvalue weighted by Gasteiger charge is -2.29. The molecule has 0 aliphatic heterocycles. The Morgan fingerprint density at radius 2 is 1.56 bits per heavy atom. The van der Waals surface area contributed by atoms with E-state index in [1.54, 1.807) is 6.92 Å². The Morgan fingerprint density at radius 3 is 2.07 bits per heavy atom. The molecule has 0 aromatic heterocycles. The van der Waals surface area contributed by atoms with Gasteiger partial charge in [-0.1, -0.05) is 55.1 Å². The second kappa shape index (κ2) is 7.43. The summed E-state index contributed by atoms with van der Waals surface area (Å²) in [5, 5.41) is 4.46. The minimum Gasteiger partial charge on any atom is -0.489 e. The van der Waals surface area contributed by atoms with Crippen LogP contribution in [0.1, 0.15) is 34.1 Å². The molecule has 0 aliphatic carbocycles. The molecular weight excluding hydrogens is 336 g/mol. The number of esters is 1. The van der Waals surface area contributed by atoms with Gasteiger partial charge >= 0.3 is 5.97 Å². The van der Waals surface area contributed by atoms with Crippen LogP contribution in [0.5, 0.6) is 5.75 Å². The van der Waals surface area contributed by atoms with Gasteiger partial charge in [0.2, 0.25) is 0 Å². The Balaban J connectivity index is 1.91. The molecular formula is C24H26O3. The number of fused-ring (bicyclic) bond motifs is 2. The van der Waals surface area contributed by atoms with Gasteiger partial charge in [-0.25, -0.2) is 4.79 Å². The Hall–Kier alpha value is -2.81. The molecule has 1 atom stereocenters. The molecule has 3 nitrogen and oxygen atoms in total. The average molecular weight is 362 g/mol. The van der Waals surface area contributed by atoms with Crippen LogP contribution in [0, 0.1) is 0 Å². The summed E-state index contributed by atoms with van der Waals surface area (Å²) >= 11 is 0. The monoisotopic (exact) mass is 362 g/mol. The van der Waals surface area contributed by atoms with E-state index in [4.69, 9.17) is 9.47 Å². The summed E-state index contributed by atoms with van der Waals surface area (Å²) in [6.07, 6.45) is 0.441. The zero-order chi connectivity index (χ0) is 19.6. The van der Waals surface area contributed by atoms with Gasteiger partial charge in [-0.2, -0.15) is 0 Å². The van der Waals surface area contributed by atoms with Gasteiger partial charge in [0.05, 0.1) is 6.10 Å². The van der Waals surface area contributed by atoms with Gasteiger partial charge in [0, 0.05) is 22.8 Å². The zero-order valence-electron chi connectivity index (χ0n) is 16.4. The maximum Gasteiger partial charge on any atom is 0.333 e. The summed E-state index contributed by atoms with van der Waals surface area (Å²) < 4.78 is 12.0. The topological polar surface area (TPSA) is 35.5 Å². The fraction of sp³-hybridized carbons (Fsp3) is 0.292. The van der Waals surface area contributed by atoms with E-state index < -0.39 is 5.60 Å². The largest absolute Gasteiger partial charge is 0.489 e. The number of ether oxygens (including phenoxy) is 2. The van der Waals surface area contributed by atoms with Crippen LogP contribution < -0.4 is 4.74 Å². The highest BCUT2D eigenvalue weighted by atomic mass is 16.6. The van der Waals surface area contributed by atoms with Crippen molar-refractivity contribution in [1.29, 1.82) is 0 Å². The zero-order valence-corrected chi connectivity index (χ0v) is 16.4. The highest BCUT2D eigenvalue weighted by Crippen LogP contribution is 2.36. The van der Waals surface area contributed by atoms with E-state index in [1.165, 1.54) is 0 Å². The normalized spacial score (nSPS) is 12.7. The predicted molar refractivity (Wildman–Crippen MR) is 111 cm³/mol. The third kappa shape index (κ3) is 4.30. The van der Waals surface area contributed by atoms with Gasteiger partial charge in [0.15, 0.2) is 0 Å². The van der Waals surface area contributed by atoms with E-state index in [1.807, 2.05) is 45.0 Å². The van der Waals surface area contributed by atoms with Crippen molar-refractivity contribution < 1.29 is 14.3 Å². The summed E-state index contributed by atoms with van der Waals surface area (Å²) in [5.74, 6) is 0.501. The summed E-state index contributed by atoms with van der Waals surface area (Å²) in [5.41, 5.74) is -0.243. The van der Waals surface area contributed by atoms with Crippen LogP contribution in [0.25, 0.3) is 21.5 Å². The third-order valence-corrected chi connectivity index (χ3v) is 4.54. The lowest BCUT2D eigenvalue weighted by atomic mass is 10.00. The highest BCUT2D eigenvalue weighted by molar-refractivity contribution is 6.05. The van der Waals surface area contributed by atoms with Gasteiger partial charge < -0.3 is 9.47 Å². The standard InChI is InChI=1S/C24H26O3/c1-16(2)23(25)27-24(4,5)15-17(3)26-22-20-12-8-6-10-18(20)14-19-11-7-9-13-21(19)22/h6-14,17H,1,15H2,2-5H3. The van der Waals surface area contributed by atoms with E-state index in [9.17, 15) is 4.79 Å². The SMILES string of the molecule is C=C(C)C(=O)OC(C)(C)CC(C)Oc1c2ccccc2cc2ccccc12. The predicted octanol–water partition coefficient (Wildman–Crippen LogP) is 6.05. The smallest absolute Gasteiger partial charge is 0.333 e. The average Bonchev–Trinajstić information content (AvgIpc) is 2.60. The molecule has 0 fully saturated rings. The molecule has 0 bridgehead atoms. The molecule has 0 saturated heterocycles. The van der Waals surface area contributed by atoms with Crippen LogP contribution in [0.3, 0.4) is 0 Å². The highest BCUT2D eigenvalue weighted by Gasteiger charge is 2.27. The molecule has 1 unspecified atom stereocenters. The van der Waals surface area contributed by atoms with Gasteiger partial charge in [-0.05, 0) is 44.5 Å². The molecule has 3 rings (SSSR count). The van der Waals surface area contributed by atoms with Crippen molar-refractivity contribution >= 4 is 27.5 Å². The molecule has 0 N–H and O–H groups in total. The van der Waals surface area contributed by atoms with Crippen LogP contribution >= 0.6 is 0 Å². The first-order valence-corrected chi connectivity index (χ1v) is 9.23. The Kier molecular flexibility index (Phi) is 5.22. The molecule has 0 aliphatic rings. The number of benzene rings is 3. The fourth-order valence-electron chi connectivity index (χ4n) is 3.41. The third-order valence-electron chi connectivity index (χ3n) is 4.54. The number of hydrogen-bond donors (Lipinski definition) is 0. The van der Waals surface area contributed by atoms with E-state index in [2.05, 4.69) is 36.9 Å². The van der Waals surface area contributed by atoms with Crippen molar-refractivity contribution in [3.8, 4) is 5.75 Å². The Labute approximate surface area is 160 Å². The molecule has 0 spiro atoms. The maximum absolute atomic E-state index is 11.9. The molecule has 3 aromatic carbocycles. The lowest BCUT2D eigenvalue weighted by Crippen LogP contribution is -2.33. The van der Waals surface area contributed by atoms with Crippen LogP contribution in [0.2, 0.25) is 0 Å². The van der Waals surface area contributed by atoms with Gasteiger partial charge in [-0.3, -0.25) is 0 Å². The molecule has 140 valence electrons. The van der Waals surface area contributed by atoms with Crippen molar-refractivity contribution in [2.75, 3.05) is 0 Å². The summed E-state index contributed by atoms with van der Waals surface area (Å²) in [6, 6.07) is 18.6. The molecule has 3 heteroatoms. The van der Waals surface area contributed by atoms with E-state index in [-0.39, 0.29) is 12.1 Å². The first-order chi connectivity index (χ1) is 12.8.